The minimum atomic E-state index is -0.0163. The second-order valence-corrected chi connectivity index (χ2v) is 6.90. The smallest absolute Gasteiger partial charge is 0.0390 e. The molecular formula is C12H25Cl. The van der Waals surface area contributed by atoms with Crippen molar-refractivity contribution >= 4 is 11.6 Å². The lowest BCUT2D eigenvalue weighted by Crippen LogP contribution is -2.18. The summed E-state index contributed by atoms with van der Waals surface area (Å²) in [7, 11) is 0. The van der Waals surface area contributed by atoms with Gasteiger partial charge >= 0.3 is 0 Å². The molecule has 0 fully saturated rings. The van der Waals surface area contributed by atoms with E-state index < -0.39 is 0 Å². The van der Waals surface area contributed by atoms with Crippen molar-refractivity contribution in [2.24, 2.45) is 11.3 Å². The summed E-state index contributed by atoms with van der Waals surface area (Å²) in [4.78, 5) is -0.0163. The molecule has 0 rings (SSSR count). The summed E-state index contributed by atoms with van der Waals surface area (Å²) in [5.41, 5.74) is 0.441. The van der Waals surface area contributed by atoms with E-state index in [-0.39, 0.29) is 4.87 Å². The van der Waals surface area contributed by atoms with Gasteiger partial charge in [-0.05, 0) is 31.6 Å². The molecule has 0 bridgehead atoms. The third-order valence-corrected chi connectivity index (χ3v) is 3.08. The van der Waals surface area contributed by atoms with Gasteiger partial charge in [0.05, 0.1) is 0 Å². The van der Waals surface area contributed by atoms with Gasteiger partial charge in [-0.2, -0.15) is 0 Å². The lowest BCUT2D eigenvalue weighted by Gasteiger charge is -2.28. The third-order valence-electron chi connectivity index (χ3n) is 2.89. The van der Waals surface area contributed by atoms with Gasteiger partial charge in [0.25, 0.3) is 0 Å². The Balaban J connectivity index is 3.67. The maximum Gasteiger partial charge on any atom is 0.0390 e. The molecule has 0 aromatic carbocycles. The molecule has 0 radical (unpaired) electrons. The highest BCUT2D eigenvalue weighted by atomic mass is 35.5. The first-order valence-electron chi connectivity index (χ1n) is 5.32. The van der Waals surface area contributed by atoms with Crippen molar-refractivity contribution < 1.29 is 0 Å². The lowest BCUT2D eigenvalue weighted by atomic mass is 9.79. The predicted octanol–water partition coefficient (Wildman–Crippen LogP) is 4.86. The van der Waals surface area contributed by atoms with Crippen molar-refractivity contribution in [1.82, 2.24) is 0 Å². The molecular weight excluding hydrogens is 180 g/mol. The Bertz CT molecular complexity index is 136. The number of alkyl halides is 1. The molecule has 1 heteroatoms. The highest BCUT2D eigenvalue weighted by Gasteiger charge is 2.20. The number of halogens is 1. The SMILES string of the molecule is CC(CCCC(C)(C)Cl)C(C)(C)C. The summed E-state index contributed by atoms with van der Waals surface area (Å²) in [5.74, 6) is 0.784. The summed E-state index contributed by atoms with van der Waals surface area (Å²) in [6.45, 7) is 13.4. The van der Waals surface area contributed by atoms with Crippen LogP contribution in [0.1, 0.15) is 60.8 Å². The molecule has 0 amide bonds. The maximum absolute atomic E-state index is 6.13. The van der Waals surface area contributed by atoms with Crippen molar-refractivity contribution in [3.05, 3.63) is 0 Å². The molecule has 0 aliphatic carbocycles. The van der Waals surface area contributed by atoms with E-state index in [0.717, 1.165) is 12.3 Å². The van der Waals surface area contributed by atoms with E-state index in [4.69, 9.17) is 11.6 Å². The van der Waals surface area contributed by atoms with Gasteiger partial charge in [-0.15, -0.1) is 11.6 Å². The predicted molar refractivity (Wildman–Crippen MR) is 62.4 cm³/mol. The van der Waals surface area contributed by atoms with Crippen molar-refractivity contribution in [2.75, 3.05) is 0 Å². The average Bonchev–Trinajstić information content (AvgIpc) is 1.82. The van der Waals surface area contributed by atoms with Crippen LogP contribution in [0.2, 0.25) is 0 Å². The molecule has 0 aromatic rings. The van der Waals surface area contributed by atoms with E-state index >= 15 is 0 Å². The third kappa shape index (κ3) is 7.37. The topological polar surface area (TPSA) is 0 Å². The zero-order valence-electron chi connectivity index (χ0n) is 10.1. The van der Waals surface area contributed by atoms with Gasteiger partial charge in [-0.25, -0.2) is 0 Å². The first-order valence-corrected chi connectivity index (χ1v) is 5.69. The van der Waals surface area contributed by atoms with Crippen LogP contribution in [-0.2, 0) is 0 Å². The van der Waals surface area contributed by atoms with Crippen molar-refractivity contribution in [3.63, 3.8) is 0 Å². The minimum absolute atomic E-state index is 0.0163. The largest absolute Gasteiger partial charge is 0.120 e. The van der Waals surface area contributed by atoms with Gasteiger partial charge in [-0.3, -0.25) is 0 Å². The molecule has 0 heterocycles. The Hall–Kier alpha value is 0.290. The molecule has 0 nitrogen and oxygen atoms in total. The summed E-state index contributed by atoms with van der Waals surface area (Å²) in [5, 5.41) is 0. The monoisotopic (exact) mass is 204 g/mol. The average molecular weight is 205 g/mol. The van der Waals surface area contributed by atoms with E-state index in [1.54, 1.807) is 0 Å². The zero-order valence-corrected chi connectivity index (χ0v) is 10.8. The number of hydrogen-bond acceptors (Lipinski definition) is 0. The van der Waals surface area contributed by atoms with Crippen LogP contribution in [0.4, 0.5) is 0 Å². The van der Waals surface area contributed by atoms with E-state index in [1.807, 2.05) is 0 Å². The Labute approximate surface area is 89.1 Å². The first-order chi connectivity index (χ1) is 5.63. The van der Waals surface area contributed by atoms with Crippen LogP contribution in [0, 0.1) is 11.3 Å². The molecule has 0 saturated carbocycles. The zero-order chi connectivity index (χ0) is 10.7. The summed E-state index contributed by atoms with van der Waals surface area (Å²) >= 11 is 6.13. The molecule has 0 N–H and O–H groups in total. The molecule has 1 atom stereocenters. The minimum Gasteiger partial charge on any atom is -0.120 e. The summed E-state index contributed by atoms with van der Waals surface area (Å²) < 4.78 is 0. The van der Waals surface area contributed by atoms with Crippen molar-refractivity contribution in [2.45, 2.75) is 65.7 Å². The Morgan fingerprint density at radius 3 is 1.85 bits per heavy atom. The summed E-state index contributed by atoms with van der Waals surface area (Å²) in [6, 6.07) is 0. The van der Waals surface area contributed by atoms with Crippen LogP contribution in [0.5, 0.6) is 0 Å². The molecule has 0 aliphatic heterocycles. The van der Waals surface area contributed by atoms with Crippen LogP contribution in [0.15, 0.2) is 0 Å². The number of rotatable bonds is 4. The Kier molecular flexibility index (Phi) is 4.79. The number of hydrogen-bond donors (Lipinski definition) is 0. The standard InChI is InChI=1S/C12H25Cl/c1-10(11(2,3)4)8-7-9-12(5,6)13/h10H,7-9H2,1-6H3. The second-order valence-electron chi connectivity index (χ2n) is 5.88. The van der Waals surface area contributed by atoms with Crippen molar-refractivity contribution in [1.29, 1.82) is 0 Å². The van der Waals surface area contributed by atoms with E-state index in [0.29, 0.717) is 5.41 Å². The quantitative estimate of drug-likeness (QED) is 0.574. The second kappa shape index (κ2) is 4.68. The van der Waals surface area contributed by atoms with E-state index in [2.05, 4.69) is 41.5 Å². The fourth-order valence-corrected chi connectivity index (χ4v) is 1.40. The fraction of sp³-hybridized carbons (Fsp3) is 1.00. The molecule has 13 heavy (non-hydrogen) atoms. The van der Waals surface area contributed by atoms with Crippen LogP contribution in [-0.4, -0.2) is 4.87 Å². The Morgan fingerprint density at radius 2 is 1.54 bits per heavy atom. The molecule has 1 unspecified atom stereocenters. The maximum atomic E-state index is 6.13. The normalized spacial score (nSPS) is 15.9. The molecule has 0 saturated heterocycles. The van der Waals surface area contributed by atoms with Crippen LogP contribution >= 0.6 is 11.6 Å². The van der Waals surface area contributed by atoms with Gasteiger partial charge in [0.15, 0.2) is 0 Å². The van der Waals surface area contributed by atoms with Gasteiger partial charge in [0.1, 0.15) is 0 Å². The molecule has 0 spiro atoms. The fourth-order valence-electron chi connectivity index (χ4n) is 1.26. The first kappa shape index (κ1) is 13.3. The van der Waals surface area contributed by atoms with Crippen LogP contribution < -0.4 is 0 Å². The van der Waals surface area contributed by atoms with Gasteiger partial charge in [0, 0.05) is 4.87 Å². The molecule has 80 valence electrons. The highest BCUT2D eigenvalue weighted by molar-refractivity contribution is 6.23. The highest BCUT2D eigenvalue weighted by Crippen LogP contribution is 2.31. The summed E-state index contributed by atoms with van der Waals surface area (Å²) in [6.07, 6.45) is 3.66. The molecule has 0 aromatic heterocycles. The molecule has 0 aliphatic rings. The van der Waals surface area contributed by atoms with Gasteiger partial charge in [0.2, 0.25) is 0 Å². The van der Waals surface area contributed by atoms with E-state index in [1.165, 1.54) is 12.8 Å². The van der Waals surface area contributed by atoms with Crippen LogP contribution in [0.3, 0.4) is 0 Å². The van der Waals surface area contributed by atoms with E-state index in [9.17, 15) is 0 Å². The van der Waals surface area contributed by atoms with Gasteiger partial charge < -0.3 is 0 Å². The van der Waals surface area contributed by atoms with Crippen molar-refractivity contribution in [3.8, 4) is 0 Å². The van der Waals surface area contributed by atoms with Gasteiger partial charge in [-0.1, -0.05) is 40.5 Å². The van der Waals surface area contributed by atoms with Crippen LogP contribution in [0.25, 0.3) is 0 Å². The lowest BCUT2D eigenvalue weighted by molar-refractivity contribution is 0.239. The Morgan fingerprint density at radius 1 is 1.08 bits per heavy atom.